The van der Waals surface area contributed by atoms with E-state index >= 15 is 0 Å². The molecule has 0 aromatic heterocycles. The largest absolute Gasteiger partial charge is 0.366 e. The van der Waals surface area contributed by atoms with Gasteiger partial charge >= 0.3 is 0 Å². The Morgan fingerprint density at radius 3 is 1.97 bits per heavy atom. The van der Waals surface area contributed by atoms with Crippen LogP contribution in [0, 0.1) is 5.41 Å². The molecule has 0 bridgehead atoms. The number of amides is 1. The number of carbonyl (C=O) groups excluding carboxylic acids is 1. The normalized spacial score (nSPS) is 13.3. The summed E-state index contributed by atoms with van der Waals surface area (Å²) in [6, 6.07) is 0. The van der Waals surface area contributed by atoms with Crippen molar-refractivity contribution in [3.8, 4) is 0 Å². The molecular formula is C27H47NO. The van der Waals surface area contributed by atoms with Gasteiger partial charge in [-0.2, -0.15) is 0 Å². The summed E-state index contributed by atoms with van der Waals surface area (Å²) in [5, 5.41) is 0. The van der Waals surface area contributed by atoms with Crippen LogP contribution in [0.4, 0.5) is 0 Å². The number of primary amides is 1. The first-order valence-electron chi connectivity index (χ1n) is 11.9. The van der Waals surface area contributed by atoms with E-state index in [-0.39, 0.29) is 5.91 Å². The van der Waals surface area contributed by atoms with E-state index < -0.39 is 0 Å². The van der Waals surface area contributed by atoms with Gasteiger partial charge in [-0.1, -0.05) is 122 Å². The summed E-state index contributed by atoms with van der Waals surface area (Å²) in [4.78, 5) is 11.2. The average molecular weight is 402 g/mol. The SMILES string of the molecule is CCCCCCC(C)(C)CCCCCC\C=C/C=C\C=C/C=C(CCC)C(N)=O. The van der Waals surface area contributed by atoms with Gasteiger partial charge < -0.3 is 5.73 Å². The first-order chi connectivity index (χ1) is 13.9. The first-order valence-corrected chi connectivity index (χ1v) is 11.9. The van der Waals surface area contributed by atoms with E-state index in [2.05, 4.69) is 32.9 Å². The van der Waals surface area contributed by atoms with Crippen LogP contribution in [0.25, 0.3) is 0 Å². The molecule has 0 saturated carbocycles. The first kappa shape index (κ1) is 27.4. The lowest BCUT2D eigenvalue weighted by Crippen LogP contribution is -2.13. The fourth-order valence-electron chi connectivity index (χ4n) is 3.47. The van der Waals surface area contributed by atoms with E-state index in [0.717, 1.165) is 19.3 Å². The van der Waals surface area contributed by atoms with Crippen molar-refractivity contribution < 1.29 is 4.79 Å². The molecule has 0 heterocycles. The summed E-state index contributed by atoms with van der Waals surface area (Å²) in [5.74, 6) is -0.323. The van der Waals surface area contributed by atoms with Crippen molar-refractivity contribution in [3.63, 3.8) is 0 Å². The number of hydrogen-bond donors (Lipinski definition) is 1. The molecule has 0 radical (unpaired) electrons. The molecule has 1 amide bonds. The van der Waals surface area contributed by atoms with Crippen LogP contribution < -0.4 is 5.73 Å². The van der Waals surface area contributed by atoms with E-state index in [1.54, 1.807) is 0 Å². The average Bonchev–Trinajstić information content (AvgIpc) is 2.67. The Kier molecular flexibility index (Phi) is 17.5. The van der Waals surface area contributed by atoms with Crippen molar-refractivity contribution in [3.05, 3.63) is 48.1 Å². The van der Waals surface area contributed by atoms with Crippen LogP contribution in [-0.2, 0) is 4.79 Å². The second-order valence-electron chi connectivity index (χ2n) is 8.93. The van der Waals surface area contributed by atoms with Gasteiger partial charge in [0.25, 0.3) is 0 Å². The smallest absolute Gasteiger partial charge is 0.244 e. The van der Waals surface area contributed by atoms with Crippen molar-refractivity contribution in [2.75, 3.05) is 0 Å². The standard InChI is InChI=1S/C27H47NO/c1-5-7-8-19-23-27(3,4)24-20-17-15-13-11-9-10-12-14-16-18-22-25(21-6-2)26(28)29/h9-10,12,14,16,18,22H,5-8,11,13,15,17,19-21,23-24H2,1-4H3,(H2,28,29)/b10-9-,14-12-,18-16-,25-22?. The van der Waals surface area contributed by atoms with Gasteiger partial charge in [0.2, 0.25) is 5.91 Å². The molecular weight excluding hydrogens is 354 g/mol. The molecule has 0 aliphatic heterocycles. The van der Waals surface area contributed by atoms with Crippen LogP contribution in [0.15, 0.2) is 48.1 Å². The Balaban J connectivity index is 3.78. The molecule has 0 unspecified atom stereocenters. The Morgan fingerprint density at radius 2 is 1.34 bits per heavy atom. The Hall–Kier alpha value is -1.57. The zero-order valence-corrected chi connectivity index (χ0v) is 19.7. The third kappa shape index (κ3) is 18.2. The number of hydrogen-bond acceptors (Lipinski definition) is 1. The van der Waals surface area contributed by atoms with Crippen LogP contribution in [0.1, 0.15) is 111 Å². The molecule has 0 atom stereocenters. The quantitative estimate of drug-likeness (QED) is 0.140. The maximum atomic E-state index is 11.2. The molecule has 0 aromatic carbocycles. The second-order valence-corrected chi connectivity index (χ2v) is 8.93. The lowest BCUT2D eigenvalue weighted by Gasteiger charge is -2.24. The van der Waals surface area contributed by atoms with E-state index in [1.165, 1.54) is 64.2 Å². The third-order valence-electron chi connectivity index (χ3n) is 5.40. The van der Waals surface area contributed by atoms with Gasteiger partial charge in [0.1, 0.15) is 0 Å². The Morgan fingerprint density at radius 1 is 0.759 bits per heavy atom. The van der Waals surface area contributed by atoms with E-state index in [1.807, 2.05) is 37.3 Å². The maximum Gasteiger partial charge on any atom is 0.244 e. The summed E-state index contributed by atoms with van der Waals surface area (Å²) >= 11 is 0. The van der Waals surface area contributed by atoms with Gasteiger partial charge in [-0.3, -0.25) is 4.79 Å². The summed E-state index contributed by atoms with van der Waals surface area (Å²) in [5.41, 5.74) is 6.55. The fraction of sp³-hybridized carbons (Fsp3) is 0.667. The lowest BCUT2D eigenvalue weighted by atomic mass is 9.82. The van der Waals surface area contributed by atoms with Crippen molar-refractivity contribution in [1.82, 2.24) is 0 Å². The zero-order valence-electron chi connectivity index (χ0n) is 19.7. The predicted molar refractivity (Wildman–Crippen MR) is 130 cm³/mol. The molecule has 29 heavy (non-hydrogen) atoms. The summed E-state index contributed by atoms with van der Waals surface area (Å²) < 4.78 is 0. The highest BCUT2D eigenvalue weighted by atomic mass is 16.1. The predicted octanol–water partition coefficient (Wildman–Crippen LogP) is 8.20. The summed E-state index contributed by atoms with van der Waals surface area (Å²) in [6.07, 6.45) is 30.4. The van der Waals surface area contributed by atoms with Gasteiger partial charge in [0.15, 0.2) is 0 Å². The highest BCUT2D eigenvalue weighted by Crippen LogP contribution is 2.30. The minimum Gasteiger partial charge on any atom is -0.366 e. The van der Waals surface area contributed by atoms with Crippen molar-refractivity contribution >= 4 is 5.91 Å². The topological polar surface area (TPSA) is 43.1 Å². The number of carbonyl (C=O) groups is 1. The minimum atomic E-state index is -0.323. The molecule has 2 heteroatoms. The van der Waals surface area contributed by atoms with Gasteiger partial charge in [-0.15, -0.1) is 0 Å². The fourth-order valence-corrected chi connectivity index (χ4v) is 3.47. The van der Waals surface area contributed by atoms with Crippen LogP contribution in [0.2, 0.25) is 0 Å². The van der Waals surface area contributed by atoms with Gasteiger partial charge in [0, 0.05) is 5.57 Å². The third-order valence-corrected chi connectivity index (χ3v) is 5.40. The maximum absolute atomic E-state index is 11.2. The molecule has 0 spiro atoms. The van der Waals surface area contributed by atoms with Gasteiger partial charge in [0.05, 0.1) is 0 Å². The van der Waals surface area contributed by atoms with Crippen LogP contribution >= 0.6 is 0 Å². The van der Waals surface area contributed by atoms with Crippen molar-refractivity contribution in [1.29, 1.82) is 0 Å². The van der Waals surface area contributed by atoms with E-state index in [9.17, 15) is 4.79 Å². The summed E-state index contributed by atoms with van der Waals surface area (Å²) in [7, 11) is 0. The Labute approximate surface area is 181 Å². The zero-order chi connectivity index (χ0) is 21.8. The molecule has 2 nitrogen and oxygen atoms in total. The van der Waals surface area contributed by atoms with Crippen LogP contribution in [-0.4, -0.2) is 5.91 Å². The van der Waals surface area contributed by atoms with Crippen LogP contribution in [0.3, 0.4) is 0 Å². The molecule has 0 saturated heterocycles. The van der Waals surface area contributed by atoms with E-state index in [4.69, 9.17) is 5.73 Å². The van der Waals surface area contributed by atoms with Crippen LogP contribution in [0.5, 0.6) is 0 Å². The minimum absolute atomic E-state index is 0.323. The van der Waals surface area contributed by atoms with Gasteiger partial charge in [-0.25, -0.2) is 0 Å². The molecule has 166 valence electrons. The number of allylic oxidation sites excluding steroid dienone is 7. The highest BCUT2D eigenvalue weighted by Gasteiger charge is 2.16. The molecule has 2 N–H and O–H groups in total. The molecule has 0 aliphatic rings. The Bertz CT molecular complexity index is 523. The monoisotopic (exact) mass is 401 g/mol. The molecule has 0 aliphatic carbocycles. The summed E-state index contributed by atoms with van der Waals surface area (Å²) in [6.45, 7) is 9.21. The number of unbranched alkanes of at least 4 members (excludes halogenated alkanes) is 7. The molecule has 0 rings (SSSR count). The van der Waals surface area contributed by atoms with E-state index in [0.29, 0.717) is 11.0 Å². The van der Waals surface area contributed by atoms with Crippen molar-refractivity contribution in [2.24, 2.45) is 11.1 Å². The number of rotatable bonds is 18. The molecule has 0 aromatic rings. The van der Waals surface area contributed by atoms with Gasteiger partial charge in [-0.05, 0) is 37.5 Å². The highest BCUT2D eigenvalue weighted by molar-refractivity contribution is 5.92. The lowest BCUT2D eigenvalue weighted by molar-refractivity contribution is -0.114. The molecule has 0 fully saturated rings. The number of nitrogens with two attached hydrogens (primary N) is 1. The second kappa shape index (κ2) is 18.5. The van der Waals surface area contributed by atoms with Crippen molar-refractivity contribution in [2.45, 2.75) is 111 Å².